The van der Waals surface area contributed by atoms with Crippen LogP contribution in [0.15, 0.2) is 108 Å². The number of nitrogens with one attached hydrogen (secondary N) is 2. The van der Waals surface area contributed by atoms with Gasteiger partial charge in [0.05, 0.1) is 17.7 Å². The molecule has 5 nitrogen and oxygen atoms in total. The van der Waals surface area contributed by atoms with Crippen molar-refractivity contribution in [2.45, 2.75) is 12.8 Å². The summed E-state index contributed by atoms with van der Waals surface area (Å²) in [5.74, 6) is 1.14. The van der Waals surface area contributed by atoms with Crippen LogP contribution in [0.25, 0.3) is 0 Å². The van der Waals surface area contributed by atoms with Gasteiger partial charge in [0.1, 0.15) is 11.5 Å². The number of benzene rings is 4. The van der Waals surface area contributed by atoms with E-state index < -0.39 is 0 Å². The Hall–Kier alpha value is -3.68. The minimum absolute atomic E-state index is 0.210. The molecule has 0 aliphatic rings. The Balaban J connectivity index is 1.22. The van der Waals surface area contributed by atoms with Crippen LogP contribution in [-0.4, -0.2) is 24.2 Å². The first-order valence-corrected chi connectivity index (χ1v) is 13.1. The molecule has 188 valence electrons. The number of rotatable bonds is 10. The molecular weight excluding hydrogens is 548 g/mol. The molecule has 0 heterocycles. The molecule has 4 aromatic rings. The molecule has 0 saturated carbocycles. The fraction of sp³-hybridized carbons (Fsp3) is 0.133. The molecule has 7 heteroatoms. The zero-order chi connectivity index (χ0) is 25.9. The van der Waals surface area contributed by atoms with Gasteiger partial charge in [-0.25, -0.2) is 0 Å². The number of carbonyl (C=O) groups excluding carboxylic acids is 1. The Morgan fingerprint density at radius 3 is 1.95 bits per heavy atom. The maximum absolute atomic E-state index is 12.7. The van der Waals surface area contributed by atoms with Gasteiger partial charge in [0.2, 0.25) is 0 Å². The highest BCUT2D eigenvalue weighted by Gasteiger charge is 2.11. The van der Waals surface area contributed by atoms with E-state index >= 15 is 0 Å². The van der Waals surface area contributed by atoms with Gasteiger partial charge in [-0.05, 0) is 81.7 Å². The number of ether oxygens (including phenoxy) is 2. The normalized spacial score (nSPS) is 10.4. The number of anilines is 1. The molecule has 0 aliphatic carbocycles. The molecule has 0 atom stereocenters. The van der Waals surface area contributed by atoms with Crippen LogP contribution in [0, 0.1) is 0 Å². The predicted octanol–water partition coefficient (Wildman–Crippen LogP) is 6.82. The zero-order valence-electron chi connectivity index (χ0n) is 20.2. The molecule has 0 unspecified atom stereocenters. The first-order chi connectivity index (χ1) is 18.1. The lowest BCUT2D eigenvalue weighted by molar-refractivity contribution is 0.0977. The molecule has 4 aromatic carbocycles. The van der Waals surface area contributed by atoms with Crippen molar-refractivity contribution in [1.82, 2.24) is 5.32 Å². The van der Waals surface area contributed by atoms with Gasteiger partial charge in [-0.15, -0.1) is 0 Å². The summed E-state index contributed by atoms with van der Waals surface area (Å²) in [6.07, 6.45) is 1.64. The van der Waals surface area contributed by atoms with E-state index in [4.69, 9.17) is 21.7 Å². The van der Waals surface area contributed by atoms with Gasteiger partial charge in [0.25, 0.3) is 5.91 Å². The lowest BCUT2D eigenvalue weighted by Gasteiger charge is -2.12. The van der Waals surface area contributed by atoms with E-state index in [0.717, 1.165) is 24.3 Å². The first-order valence-electron chi connectivity index (χ1n) is 11.9. The van der Waals surface area contributed by atoms with E-state index in [1.165, 1.54) is 11.1 Å². The zero-order valence-corrected chi connectivity index (χ0v) is 22.6. The largest absolute Gasteiger partial charge is 0.493 e. The molecule has 0 bridgehead atoms. The van der Waals surface area contributed by atoms with E-state index in [-0.39, 0.29) is 11.0 Å². The summed E-state index contributed by atoms with van der Waals surface area (Å²) in [6.45, 7) is 1.14. The van der Waals surface area contributed by atoms with Gasteiger partial charge in [-0.1, -0.05) is 60.7 Å². The quantitative estimate of drug-likeness (QED) is 0.203. The maximum Gasteiger partial charge on any atom is 0.257 e. The highest BCUT2D eigenvalue weighted by molar-refractivity contribution is 9.10. The first kappa shape index (κ1) is 26.4. The Bertz CT molecular complexity index is 1320. The van der Waals surface area contributed by atoms with Crippen LogP contribution in [0.5, 0.6) is 11.5 Å². The van der Waals surface area contributed by atoms with Crippen molar-refractivity contribution < 1.29 is 14.3 Å². The van der Waals surface area contributed by atoms with Crippen LogP contribution < -0.4 is 20.1 Å². The third-order valence-corrected chi connectivity index (χ3v) is 6.35. The molecule has 0 radical (unpaired) electrons. The van der Waals surface area contributed by atoms with Gasteiger partial charge < -0.3 is 14.8 Å². The van der Waals surface area contributed by atoms with Crippen molar-refractivity contribution >= 4 is 44.9 Å². The molecule has 0 spiro atoms. The number of hydrogen-bond donors (Lipinski definition) is 2. The predicted molar refractivity (Wildman–Crippen MR) is 156 cm³/mol. The molecule has 37 heavy (non-hydrogen) atoms. The minimum Gasteiger partial charge on any atom is -0.493 e. The molecule has 0 saturated heterocycles. The summed E-state index contributed by atoms with van der Waals surface area (Å²) in [5, 5.41) is 5.95. The second-order valence-electron chi connectivity index (χ2n) is 8.25. The Kier molecular flexibility index (Phi) is 9.68. The van der Waals surface area contributed by atoms with E-state index in [9.17, 15) is 4.79 Å². The van der Waals surface area contributed by atoms with Crippen molar-refractivity contribution in [1.29, 1.82) is 0 Å². The summed E-state index contributed by atoms with van der Waals surface area (Å²) in [5.41, 5.74) is 3.66. The number of amides is 1. The van der Waals surface area contributed by atoms with Crippen molar-refractivity contribution in [3.05, 3.63) is 124 Å². The second kappa shape index (κ2) is 13.6. The monoisotopic (exact) mass is 574 g/mol. The topological polar surface area (TPSA) is 59.6 Å². The summed E-state index contributed by atoms with van der Waals surface area (Å²) >= 11 is 8.82. The van der Waals surface area contributed by atoms with E-state index in [1.807, 2.05) is 60.7 Å². The van der Waals surface area contributed by atoms with Crippen LogP contribution in [0.4, 0.5) is 5.69 Å². The average Bonchev–Trinajstić information content (AvgIpc) is 2.92. The highest BCUT2D eigenvalue weighted by atomic mass is 79.9. The van der Waals surface area contributed by atoms with Gasteiger partial charge >= 0.3 is 0 Å². The van der Waals surface area contributed by atoms with E-state index in [1.54, 1.807) is 18.2 Å². The minimum atomic E-state index is -0.310. The summed E-state index contributed by atoms with van der Waals surface area (Å²) in [7, 11) is 0. The molecular formula is C30H27BrN2O3S. The lowest BCUT2D eigenvalue weighted by atomic mass is 10.2. The fourth-order valence-electron chi connectivity index (χ4n) is 3.59. The van der Waals surface area contributed by atoms with E-state index in [2.05, 4.69) is 50.8 Å². The number of hydrogen-bond acceptors (Lipinski definition) is 4. The number of carbonyl (C=O) groups is 1. The number of halogens is 1. The molecule has 0 aliphatic heterocycles. The van der Waals surface area contributed by atoms with E-state index in [0.29, 0.717) is 29.0 Å². The fourth-order valence-corrected chi connectivity index (χ4v) is 4.29. The van der Waals surface area contributed by atoms with Crippen LogP contribution in [-0.2, 0) is 12.8 Å². The van der Waals surface area contributed by atoms with Crippen LogP contribution in [0.2, 0.25) is 0 Å². The third-order valence-electron chi connectivity index (χ3n) is 5.53. The van der Waals surface area contributed by atoms with Gasteiger partial charge in [-0.2, -0.15) is 0 Å². The van der Waals surface area contributed by atoms with Crippen LogP contribution >= 0.6 is 28.1 Å². The van der Waals surface area contributed by atoms with Crippen molar-refractivity contribution in [2.75, 3.05) is 18.5 Å². The maximum atomic E-state index is 12.7. The van der Waals surface area contributed by atoms with Gasteiger partial charge in [0, 0.05) is 24.1 Å². The number of thiocarbonyl (C=S) groups is 1. The van der Waals surface area contributed by atoms with Crippen molar-refractivity contribution in [2.24, 2.45) is 0 Å². The smallest absolute Gasteiger partial charge is 0.257 e. The molecule has 0 fully saturated rings. The molecule has 2 N–H and O–H groups in total. The summed E-state index contributed by atoms with van der Waals surface area (Å²) < 4.78 is 12.4. The van der Waals surface area contributed by atoms with Crippen molar-refractivity contribution in [3.8, 4) is 11.5 Å². The second-order valence-corrected chi connectivity index (χ2v) is 9.51. The average molecular weight is 576 g/mol. The Morgan fingerprint density at radius 2 is 1.35 bits per heavy atom. The summed E-state index contributed by atoms with van der Waals surface area (Å²) in [6, 6.07) is 33.0. The molecule has 1 amide bonds. The standard InChI is InChI=1S/C30H27BrN2O3S/c31-27-21-24(11-16-28(27)36-20-18-23-9-5-2-6-10-23)29(34)33-30(37)32-25-12-14-26(15-13-25)35-19-17-22-7-3-1-4-8-22/h1-16,21H,17-20H2,(H2,32,33,34,37). The van der Waals surface area contributed by atoms with Crippen molar-refractivity contribution in [3.63, 3.8) is 0 Å². The lowest BCUT2D eigenvalue weighted by Crippen LogP contribution is -2.34. The molecule has 0 aromatic heterocycles. The molecule has 4 rings (SSSR count). The van der Waals surface area contributed by atoms with Crippen LogP contribution in [0.3, 0.4) is 0 Å². The Morgan fingerprint density at radius 1 is 0.757 bits per heavy atom. The Labute approximate surface area is 231 Å². The highest BCUT2D eigenvalue weighted by Crippen LogP contribution is 2.26. The third kappa shape index (κ3) is 8.44. The van der Waals surface area contributed by atoms with Gasteiger partial charge in [-0.3, -0.25) is 10.1 Å². The van der Waals surface area contributed by atoms with Gasteiger partial charge in [0.15, 0.2) is 5.11 Å². The SMILES string of the molecule is O=C(NC(=S)Nc1ccc(OCCc2ccccc2)cc1)c1ccc(OCCc2ccccc2)c(Br)c1. The summed E-state index contributed by atoms with van der Waals surface area (Å²) in [4.78, 5) is 12.7. The van der Waals surface area contributed by atoms with Crippen LogP contribution in [0.1, 0.15) is 21.5 Å².